The fraction of sp³-hybridized carbons (Fsp3) is 0.600. The van der Waals surface area contributed by atoms with Crippen LogP contribution in [0.15, 0.2) is 29.2 Å². The quantitative estimate of drug-likeness (QED) is 0.363. The van der Waals surface area contributed by atoms with Crippen molar-refractivity contribution in [2.24, 2.45) is 0 Å². The van der Waals surface area contributed by atoms with E-state index >= 15 is 0 Å². The van der Waals surface area contributed by atoms with Crippen LogP contribution in [-0.4, -0.2) is 61.4 Å². The molecule has 1 aromatic carbocycles. The Morgan fingerprint density at radius 3 is 2.38 bits per heavy atom. The minimum atomic E-state index is -3.69. The topological polar surface area (TPSA) is 88.5 Å². The summed E-state index contributed by atoms with van der Waals surface area (Å²) >= 11 is 5.23. The number of hydrogen-bond donors (Lipinski definition) is 3. The van der Waals surface area contributed by atoms with E-state index in [1.165, 1.54) is 4.31 Å². The monoisotopic (exact) mass is 439 g/mol. The molecule has 0 atom stereocenters. The summed E-state index contributed by atoms with van der Waals surface area (Å²) in [6.45, 7) is 7.41. The molecule has 0 aromatic heterocycles. The average Bonchev–Trinajstić information content (AvgIpc) is 3.08. The van der Waals surface area contributed by atoms with Gasteiger partial charge in [0.25, 0.3) is 10.0 Å². The number of nitrogens with zero attached hydrogens (tertiary/aromatic N) is 2. The van der Waals surface area contributed by atoms with E-state index in [2.05, 4.69) is 24.5 Å². The van der Waals surface area contributed by atoms with Crippen molar-refractivity contribution in [1.82, 2.24) is 19.8 Å². The van der Waals surface area contributed by atoms with Crippen molar-refractivity contribution in [2.45, 2.75) is 50.8 Å². The van der Waals surface area contributed by atoms with Gasteiger partial charge in [0.1, 0.15) is 0 Å². The number of nitrogens with one attached hydrogen (secondary N) is 3. The normalized spacial score (nSPS) is 14.3. The van der Waals surface area contributed by atoms with Gasteiger partial charge in [0, 0.05) is 26.2 Å². The van der Waals surface area contributed by atoms with Crippen molar-refractivity contribution < 1.29 is 8.42 Å². The first-order chi connectivity index (χ1) is 13.9. The molecule has 0 amide bonds. The maximum absolute atomic E-state index is 12.9. The van der Waals surface area contributed by atoms with Gasteiger partial charge < -0.3 is 15.5 Å². The Hall–Kier alpha value is -1.87. The van der Waals surface area contributed by atoms with Gasteiger partial charge in [0.15, 0.2) is 5.11 Å². The molecule has 7 nitrogen and oxygen atoms in total. The van der Waals surface area contributed by atoms with Gasteiger partial charge >= 0.3 is 0 Å². The van der Waals surface area contributed by atoms with Crippen molar-refractivity contribution in [3.8, 4) is 0 Å². The molecule has 3 N–H and O–H groups in total. The van der Waals surface area contributed by atoms with Gasteiger partial charge in [-0.05, 0) is 49.2 Å². The summed E-state index contributed by atoms with van der Waals surface area (Å²) in [5.74, 6) is 0.0795. The van der Waals surface area contributed by atoms with Crippen LogP contribution in [0.4, 0.5) is 0 Å². The first-order valence-corrected chi connectivity index (χ1v) is 12.2. The van der Waals surface area contributed by atoms with E-state index in [9.17, 15) is 8.42 Å². The largest absolute Gasteiger partial charge is 0.363 e. The van der Waals surface area contributed by atoms with Gasteiger partial charge in [-0.25, -0.2) is 12.7 Å². The van der Waals surface area contributed by atoms with E-state index in [0.29, 0.717) is 24.7 Å². The Kier molecular flexibility index (Phi) is 9.16. The summed E-state index contributed by atoms with van der Waals surface area (Å²) in [4.78, 5) is 2.06. The van der Waals surface area contributed by atoms with E-state index in [1.807, 2.05) is 17.0 Å². The summed E-state index contributed by atoms with van der Waals surface area (Å²) in [5, 5.41) is 15.2. The molecule has 162 valence electrons. The highest BCUT2D eigenvalue weighted by Gasteiger charge is 2.34. The second kappa shape index (κ2) is 11.3. The molecular formula is C20H33N5O2S2. The number of rotatable bonds is 11. The molecule has 0 unspecified atom stereocenters. The van der Waals surface area contributed by atoms with Crippen LogP contribution in [0.2, 0.25) is 0 Å². The molecule has 0 saturated carbocycles. The predicted molar refractivity (Wildman–Crippen MR) is 122 cm³/mol. The van der Waals surface area contributed by atoms with E-state index in [-0.39, 0.29) is 10.9 Å². The Morgan fingerprint density at radius 1 is 1.07 bits per heavy atom. The van der Waals surface area contributed by atoms with Crippen LogP contribution in [0.5, 0.6) is 0 Å². The lowest BCUT2D eigenvalue weighted by Crippen LogP contribution is -2.37. The lowest BCUT2D eigenvalue weighted by atomic mass is 10.1. The maximum Gasteiger partial charge on any atom is 0.266 e. The predicted octanol–water partition coefficient (Wildman–Crippen LogP) is 2.53. The summed E-state index contributed by atoms with van der Waals surface area (Å²) in [6.07, 6.45) is 4.93. The lowest BCUT2D eigenvalue weighted by molar-refractivity contribution is 0.445. The van der Waals surface area contributed by atoms with Crippen LogP contribution in [-0.2, 0) is 16.4 Å². The van der Waals surface area contributed by atoms with Crippen LogP contribution in [0.1, 0.15) is 45.1 Å². The summed E-state index contributed by atoms with van der Waals surface area (Å²) in [7, 11) is -3.69. The van der Waals surface area contributed by atoms with Crippen LogP contribution in [0.25, 0.3) is 0 Å². The lowest BCUT2D eigenvalue weighted by Gasteiger charge is -2.21. The van der Waals surface area contributed by atoms with Gasteiger partial charge in [-0.3, -0.25) is 5.41 Å². The highest BCUT2D eigenvalue weighted by molar-refractivity contribution is 7.89. The van der Waals surface area contributed by atoms with Crippen molar-refractivity contribution in [1.29, 1.82) is 5.41 Å². The highest BCUT2D eigenvalue weighted by Crippen LogP contribution is 2.21. The Balaban J connectivity index is 1.89. The molecule has 1 aromatic rings. The molecule has 9 heteroatoms. The van der Waals surface area contributed by atoms with Gasteiger partial charge in [0.2, 0.25) is 5.96 Å². The van der Waals surface area contributed by atoms with Crippen LogP contribution >= 0.6 is 12.2 Å². The van der Waals surface area contributed by atoms with Crippen LogP contribution < -0.4 is 10.6 Å². The molecule has 2 rings (SSSR count). The minimum absolute atomic E-state index is 0.0795. The average molecular weight is 440 g/mol. The molecule has 1 heterocycles. The van der Waals surface area contributed by atoms with Crippen LogP contribution in [0.3, 0.4) is 0 Å². The third-order valence-electron chi connectivity index (χ3n) is 4.92. The summed E-state index contributed by atoms with van der Waals surface area (Å²) in [6, 6.07) is 6.92. The number of sulfonamides is 1. The van der Waals surface area contributed by atoms with E-state index < -0.39 is 10.0 Å². The Bertz CT molecular complexity index is 781. The number of benzene rings is 1. The second-order valence-electron chi connectivity index (χ2n) is 7.17. The number of thiocarbonyl (C=S) groups is 1. The molecule has 0 aliphatic carbocycles. The third-order valence-corrected chi connectivity index (χ3v) is 7.01. The zero-order chi connectivity index (χ0) is 21.3. The first kappa shape index (κ1) is 23.4. The molecule has 1 fully saturated rings. The summed E-state index contributed by atoms with van der Waals surface area (Å²) < 4.78 is 27.1. The molecule has 1 saturated heterocycles. The molecule has 29 heavy (non-hydrogen) atoms. The van der Waals surface area contributed by atoms with E-state index in [1.54, 1.807) is 12.1 Å². The highest BCUT2D eigenvalue weighted by atomic mass is 32.2. The zero-order valence-corrected chi connectivity index (χ0v) is 19.0. The van der Waals surface area contributed by atoms with Crippen molar-refractivity contribution in [3.63, 3.8) is 0 Å². The number of unbranched alkanes of at least 4 members (excludes halogenated alkanes) is 2. The van der Waals surface area contributed by atoms with Crippen molar-refractivity contribution in [2.75, 3.05) is 32.7 Å². The third kappa shape index (κ3) is 6.57. The van der Waals surface area contributed by atoms with Crippen molar-refractivity contribution in [3.05, 3.63) is 29.8 Å². The molecule has 1 aliphatic heterocycles. The first-order valence-electron chi connectivity index (χ1n) is 10.4. The van der Waals surface area contributed by atoms with E-state index in [0.717, 1.165) is 50.8 Å². The van der Waals surface area contributed by atoms with Gasteiger partial charge in [0.05, 0.1) is 11.4 Å². The molecular weight excluding hydrogens is 406 g/mol. The van der Waals surface area contributed by atoms with Crippen LogP contribution in [0, 0.1) is 5.41 Å². The molecule has 0 spiro atoms. The Morgan fingerprint density at radius 2 is 1.72 bits per heavy atom. The minimum Gasteiger partial charge on any atom is -0.363 e. The van der Waals surface area contributed by atoms with Crippen molar-refractivity contribution >= 4 is 33.3 Å². The van der Waals surface area contributed by atoms with Gasteiger partial charge in [-0.2, -0.15) is 0 Å². The number of guanidine groups is 1. The summed E-state index contributed by atoms with van der Waals surface area (Å²) in [5.41, 5.74) is 1.04. The smallest absolute Gasteiger partial charge is 0.266 e. The van der Waals surface area contributed by atoms with Gasteiger partial charge in [-0.15, -0.1) is 0 Å². The fourth-order valence-corrected chi connectivity index (χ4v) is 4.70. The molecule has 0 bridgehead atoms. The number of hydrogen-bond acceptors (Lipinski definition) is 4. The maximum atomic E-state index is 12.9. The van der Waals surface area contributed by atoms with E-state index in [4.69, 9.17) is 17.6 Å². The SMILES string of the molecule is CCCCNC(=S)NCCc1ccc(S(=O)(=O)N2CCN(CCCC)C2=N)cc1. The molecule has 0 radical (unpaired) electrons. The Labute approximate surface area is 180 Å². The fourth-order valence-electron chi connectivity index (χ4n) is 3.10. The standard InChI is InChI=1S/C20H33N5O2S2/c1-3-5-12-22-20(28)23-13-11-17-7-9-18(10-8-17)29(26,27)25-16-15-24(19(25)21)14-6-4-2/h7-10,21H,3-6,11-16H2,1-2H3,(H2,22,23,28). The molecule has 1 aliphatic rings. The second-order valence-corrected chi connectivity index (χ2v) is 9.44. The zero-order valence-electron chi connectivity index (χ0n) is 17.4. The van der Waals surface area contributed by atoms with Gasteiger partial charge in [-0.1, -0.05) is 38.8 Å².